The molecule has 1 heterocycles. The summed E-state index contributed by atoms with van der Waals surface area (Å²) in [7, 11) is 1.73. The third kappa shape index (κ3) is 1.55. The van der Waals surface area contributed by atoms with Gasteiger partial charge in [-0.1, -0.05) is 16.8 Å². The normalized spacial score (nSPS) is 8.70. The van der Waals surface area contributed by atoms with E-state index in [2.05, 4.69) is 10.5 Å². The third-order valence-corrected chi connectivity index (χ3v) is 1.46. The van der Waals surface area contributed by atoms with Crippen molar-refractivity contribution in [3.63, 3.8) is 0 Å². The van der Waals surface area contributed by atoms with Crippen LogP contribution in [0.3, 0.4) is 0 Å². The molecule has 1 aromatic rings. The second kappa shape index (κ2) is 3.68. The first kappa shape index (κ1) is 9.59. The van der Waals surface area contributed by atoms with Gasteiger partial charge in [0.2, 0.25) is 5.88 Å². The molecule has 1 aromatic heterocycles. The smallest absolute Gasteiger partial charge is 0.243 e. The van der Waals surface area contributed by atoms with Gasteiger partial charge in [0.05, 0.1) is 0 Å². The Bertz CT molecular complexity index is 211. The molecule has 0 aromatic carbocycles. The second-order valence-electron chi connectivity index (χ2n) is 1.66. The van der Waals surface area contributed by atoms with Crippen LogP contribution >= 0.6 is 24.0 Å². The maximum atomic E-state index is 5.69. The first-order chi connectivity index (χ1) is 4.25. The van der Waals surface area contributed by atoms with E-state index in [1.165, 1.54) is 0 Å². The van der Waals surface area contributed by atoms with E-state index in [1.807, 2.05) is 0 Å². The van der Waals surface area contributed by atoms with E-state index in [-0.39, 0.29) is 12.4 Å². The molecule has 3 nitrogen and oxygen atoms in total. The molecule has 0 atom stereocenters. The zero-order valence-electron chi connectivity index (χ0n) is 5.64. The van der Waals surface area contributed by atoms with E-state index in [4.69, 9.17) is 16.1 Å². The third-order valence-electron chi connectivity index (χ3n) is 1.02. The first-order valence-corrected chi connectivity index (χ1v) is 2.93. The fourth-order valence-corrected chi connectivity index (χ4v) is 0.677. The summed E-state index contributed by atoms with van der Waals surface area (Å²) in [5, 5.41) is 6.93. The van der Waals surface area contributed by atoms with E-state index in [9.17, 15) is 0 Å². The molecule has 58 valence electrons. The van der Waals surface area contributed by atoms with Crippen molar-refractivity contribution in [2.45, 2.75) is 6.92 Å². The Labute approximate surface area is 70.1 Å². The number of halogens is 2. The average Bonchev–Trinajstić information content (AvgIpc) is 2.15. The molecule has 0 unspecified atom stereocenters. The molecule has 0 radical (unpaired) electrons. The van der Waals surface area contributed by atoms with Crippen LogP contribution in [0.2, 0.25) is 5.02 Å². The summed E-state index contributed by atoms with van der Waals surface area (Å²) in [5.41, 5.74) is 0.709. The number of hydrogen-bond acceptors (Lipinski definition) is 3. The minimum atomic E-state index is 0. The van der Waals surface area contributed by atoms with Crippen molar-refractivity contribution in [1.82, 2.24) is 5.16 Å². The molecule has 0 aliphatic rings. The van der Waals surface area contributed by atoms with Crippen molar-refractivity contribution in [2.75, 3.05) is 12.4 Å². The van der Waals surface area contributed by atoms with Gasteiger partial charge in [-0.05, 0) is 6.92 Å². The molecule has 0 aliphatic heterocycles. The van der Waals surface area contributed by atoms with E-state index in [0.29, 0.717) is 16.6 Å². The molecular formula is C5H8Cl2N2O. The van der Waals surface area contributed by atoms with Gasteiger partial charge in [0.15, 0.2) is 0 Å². The van der Waals surface area contributed by atoms with Gasteiger partial charge in [-0.2, -0.15) is 0 Å². The lowest BCUT2D eigenvalue weighted by atomic mass is 10.5. The molecule has 1 rings (SSSR count). The highest BCUT2D eigenvalue weighted by atomic mass is 35.5. The van der Waals surface area contributed by atoms with E-state index in [1.54, 1.807) is 14.0 Å². The minimum Gasteiger partial charge on any atom is -0.356 e. The molecule has 0 saturated carbocycles. The summed E-state index contributed by atoms with van der Waals surface area (Å²) in [4.78, 5) is 0. The van der Waals surface area contributed by atoms with Crippen LogP contribution in [0, 0.1) is 6.92 Å². The number of hydrogen-bond donors (Lipinski definition) is 1. The lowest BCUT2D eigenvalue weighted by molar-refractivity contribution is 0.429. The Morgan fingerprint density at radius 3 is 2.40 bits per heavy atom. The first-order valence-electron chi connectivity index (χ1n) is 2.55. The van der Waals surface area contributed by atoms with Crippen LogP contribution in [-0.4, -0.2) is 12.2 Å². The Hall–Kier alpha value is -0.410. The Balaban J connectivity index is 0.000000810. The minimum absolute atomic E-state index is 0. The number of nitrogens with zero attached hydrogens (tertiary/aromatic N) is 1. The maximum absolute atomic E-state index is 5.69. The van der Waals surface area contributed by atoms with Gasteiger partial charge in [0, 0.05) is 7.05 Å². The zero-order valence-corrected chi connectivity index (χ0v) is 7.21. The molecular weight excluding hydrogens is 175 g/mol. The van der Waals surface area contributed by atoms with Gasteiger partial charge < -0.3 is 9.84 Å². The van der Waals surface area contributed by atoms with E-state index in [0.717, 1.165) is 0 Å². The number of rotatable bonds is 1. The van der Waals surface area contributed by atoms with Gasteiger partial charge >= 0.3 is 0 Å². The topological polar surface area (TPSA) is 38.1 Å². The summed E-state index contributed by atoms with van der Waals surface area (Å²) in [6.07, 6.45) is 0. The quantitative estimate of drug-likeness (QED) is 0.724. The Morgan fingerprint density at radius 2 is 2.20 bits per heavy atom. The second-order valence-corrected chi connectivity index (χ2v) is 2.04. The van der Waals surface area contributed by atoms with Crippen molar-refractivity contribution >= 4 is 29.9 Å². The summed E-state index contributed by atoms with van der Waals surface area (Å²) in [5.74, 6) is 0.522. The van der Waals surface area contributed by atoms with Crippen LogP contribution in [-0.2, 0) is 0 Å². The van der Waals surface area contributed by atoms with Gasteiger partial charge in [-0.15, -0.1) is 12.4 Å². The number of aryl methyl sites for hydroxylation is 1. The predicted octanol–water partition coefficient (Wildman–Crippen LogP) is 2.10. The van der Waals surface area contributed by atoms with E-state index >= 15 is 0 Å². The van der Waals surface area contributed by atoms with Gasteiger partial charge in [0.25, 0.3) is 0 Å². The molecule has 0 amide bonds. The largest absolute Gasteiger partial charge is 0.356 e. The SMILES string of the molecule is CNc1onc(C)c1Cl.Cl. The highest BCUT2D eigenvalue weighted by molar-refractivity contribution is 6.33. The lowest BCUT2D eigenvalue weighted by Crippen LogP contribution is -1.84. The molecule has 0 spiro atoms. The lowest BCUT2D eigenvalue weighted by Gasteiger charge is -1.88. The number of anilines is 1. The van der Waals surface area contributed by atoms with Gasteiger partial charge in [-0.3, -0.25) is 0 Å². The van der Waals surface area contributed by atoms with Crippen molar-refractivity contribution < 1.29 is 4.52 Å². The van der Waals surface area contributed by atoms with Crippen molar-refractivity contribution in [1.29, 1.82) is 0 Å². The molecule has 0 saturated heterocycles. The maximum Gasteiger partial charge on any atom is 0.243 e. The van der Waals surface area contributed by atoms with Crippen LogP contribution in [0.1, 0.15) is 5.69 Å². The molecule has 10 heavy (non-hydrogen) atoms. The molecule has 1 N–H and O–H groups in total. The Morgan fingerprint density at radius 1 is 1.60 bits per heavy atom. The summed E-state index contributed by atoms with van der Waals surface area (Å²) in [6.45, 7) is 1.78. The van der Waals surface area contributed by atoms with Crippen molar-refractivity contribution in [2.24, 2.45) is 0 Å². The fourth-order valence-electron chi connectivity index (χ4n) is 0.514. The molecule has 0 fully saturated rings. The Kier molecular flexibility index (Phi) is 3.53. The average molecular weight is 183 g/mol. The molecule has 0 bridgehead atoms. The highest BCUT2D eigenvalue weighted by Gasteiger charge is 2.06. The monoisotopic (exact) mass is 182 g/mol. The molecule has 5 heteroatoms. The summed E-state index contributed by atoms with van der Waals surface area (Å²) >= 11 is 5.69. The number of aromatic nitrogens is 1. The summed E-state index contributed by atoms with van der Waals surface area (Å²) in [6, 6.07) is 0. The van der Waals surface area contributed by atoms with Crippen LogP contribution in [0.5, 0.6) is 0 Å². The van der Waals surface area contributed by atoms with E-state index < -0.39 is 0 Å². The summed E-state index contributed by atoms with van der Waals surface area (Å²) < 4.78 is 4.75. The van der Waals surface area contributed by atoms with Crippen LogP contribution in [0.25, 0.3) is 0 Å². The van der Waals surface area contributed by atoms with Crippen molar-refractivity contribution in [3.8, 4) is 0 Å². The zero-order chi connectivity index (χ0) is 6.85. The van der Waals surface area contributed by atoms with Crippen LogP contribution in [0.15, 0.2) is 4.52 Å². The van der Waals surface area contributed by atoms with Gasteiger partial charge in [-0.25, -0.2) is 0 Å². The number of nitrogens with one attached hydrogen (secondary N) is 1. The standard InChI is InChI=1S/C5H7ClN2O.ClH/c1-3-4(6)5(7-2)9-8-3;/h7H,1-2H3;1H. The molecule has 0 aliphatic carbocycles. The van der Waals surface area contributed by atoms with Crippen LogP contribution < -0.4 is 5.32 Å². The van der Waals surface area contributed by atoms with Crippen molar-refractivity contribution in [3.05, 3.63) is 10.7 Å². The van der Waals surface area contributed by atoms with Crippen LogP contribution in [0.4, 0.5) is 5.88 Å². The predicted molar refractivity (Wildman–Crippen MR) is 43.0 cm³/mol. The fraction of sp³-hybridized carbons (Fsp3) is 0.400. The highest BCUT2D eigenvalue weighted by Crippen LogP contribution is 2.23. The van der Waals surface area contributed by atoms with Gasteiger partial charge in [0.1, 0.15) is 10.7 Å².